The van der Waals surface area contributed by atoms with Crippen LogP contribution < -0.4 is 0 Å². The van der Waals surface area contributed by atoms with Gasteiger partial charge in [-0.2, -0.15) is 0 Å². The summed E-state index contributed by atoms with van der Waals surface area (Å²) in [5.74, 6) is -0.439. The third-order valence-electron chi connectivity index (χ3n) is 3.98. The summed E-state index contributed by atoms with van der Waals surface area (Å²) >= 11 is 0. The Kier molecular flexibility index (Phi) is 4.42. The molecule has 20 heavy (non-hydrogen) atoms. The quantitative estimate of drug-likeness (QED) is 0.867. The first-order valence-corrected chi connectivity index (χ1v) is 7.00. The normalized spacial score (nSPS) is 22.1. The molecule has 1 aliphatic rings. The Balaban J connectivity index is 1.80. The first-order chi connectivity index (χ1) is 9.49. The van der Waals surface area contributed by atoms with Crippen LogP contribution in [-0.2, 0) is 9.59 Å². The number of carbonyl (C=O) groups is 2. The zero-order valence-corrected chi connectivity index (χ0v) is 12.0. The van der Waals surface area contributed by atoms with Crippen LogP contribution in [0.2, 0.25) is 0 Å². The van der Waals surface area contributed by atoms with Crippen LogP contribution in [0.25, 0.3) is 0 Å². The number of hydrogen-bond donors (Lipinski definition) is 1. The highest BCUT2D eigenvalue weighted by Crippen LogP contribution is 2.49. The predicted molar refractivity (Wildman–Crippen MR) is 76.3 cm³/mol. The lowest BCUT2D eigenvalue weighted by atomic mass is 10.1. The molecule has 0 spiro atoms. The van der Waals surface area contributed by atoms with Crippen molar-refractivity contribution in [1.82, 2.24) is 4.90 Å². The molecule has 3 atom stereocenters. The molecule has 0 aromatic heterocycles. The Labute approximate surface area is 119 Å². The third kappa shape index (κ3) is 3.59. The minimum atomic E-state index is -0.863. The summed E-state index contributed by atoms with van der Waals surface area (Å²) in [6.45, 7) is 1.90. The second kappa shape index (κ2) is 6.07. The van der Waals surface area contributed by atoms with Gasteiger partial charge in [0, 0.05) is 20.0 Å². The van der Waals surface area contributed by atoms with E-state index in [1.165, 1.54) is 5.56 Å². The van der Waals surface area contributed by atoms with Gasteiger partial charge in [-0.1, -0.05) is 37.3 Å². The molecule has 0 bridgehead atoms. The molecular formula is C16H21NO3. The summed E-state index contributed by atoms with van der Waals surface area (Å²) in [6.07, 6.45) is 1.57. The standard InChI is InChI=1S/C16H21NO3/c1-11(16(19)20)10-17(2)15(18)9-13-8-14(13)12-6-4-3-5-7-12/h3-7,11,13-14H,8-10H2,1-2H3,(H,19,20)/t11?,13-,14-/m0/s1. The average molecular weight is 275 g/mol. The Morgan fingerprint density at radius 1 is 1.35 bits per heavy atom. The van der Waals surface area contributed by atoms with Gasteiger partial charge in [-0.25, -0.2) is 0 Å². The van der Waals surface area contributed by atoms with E-state index >= 15 is 0 Å². The topological polar surface area (TPSA) is 57.6 Å². The Morgan fingerprint density at radius 2 is 2.00 bits per heavy atom. The van der Waals surface area contributed by atoms with Gasteiger partial charge in [-0.05, 0) is 23.8 Å². The lowest BCUT2D eigenvalue weighted by Crippen LogP contribution is -2.33. The maximum atomic E-state index is 12.1. The minimum Gasteiger partial charge on any atom is -0.481 e. The highest BCUT2D eigenvalue weighted by atomic mass is 16.4. The molecule has 1 amide bonds. The van der Waals surface area contributed by atoms with Crippen molar-refractivity contribution >= 4 is 11.9 Å². The molecule has 1 fully saturated rings. The van der Waals surface area contributed by atoms with Gasteiger partial charge < -0.3 is 10.0 Å². The van der Waals surface area contributed by atoms with Gasteiger partial charge in [0.15, 0.2) is 0 Å². The summed E-state index contributed by atoms with van der Waals surface area (Å²) in [5, 5.41) is 8.86. The smallest absolute Gasteiger partial charge is 0.308 e. The molecular weight excluding hydrogens is 254 g/mol. The molecule has 0 radical (unpaired) electrons. The number of nitrogens with zero attached hydrogens (tertiary/aromatic N) is 1. The molecule has 0 saturated heterocycles. The fourth-order valence-electron chi connectivity index (χ4n) is 2.55. The maximum absolute atomic E-state index is 12.1. The molecule has 4 heteroatoms. The summed E-state index contributed by atoms with van der Waals surface area (Å²) in [6, 6.07) is 10.2. The first-order valence-electron chi connectivity index (χ1n) is 7.00. The molecule has 1 aromatic carbocycles. The highest BCUT2D eigenvalue weighted by Gasteiger charge is 2.39. The Morgan fingerprint density at radius 3 is 2.60 bits per heavy atom. The number of benzene rings is 1. The van der Waals surface area contributed by atoms with E-state index in [1.54, 1.807) is 18.9 Å². The van der Waals surface area contributed by atoms with E-state index in [1.807, 2.05) is 18.2 Å². The van der Waals surface area contributed by atoms with Gasteiger partial charge >= 0.3 is 5.97 Å². The van der Waals surface area contributed by atoms with E-state index in [2.05, 4.69) is 12.1 Å². The number of aliphatic carboxylic acids is 1. The van der Waals surface area contributed by atoms with Crippen LogP contribution in [0.4, 0.5) is 0 Å². The Bertz CT molecular complexity index is 486. The van der Waals surface area contributed by atoms with Crippen molar-refractivity contribution in [2.45, 2.75) is 25.7 Å². The zero-order valence-electron chi connectivity index (χ0n) is 12.0. The number of carboxylic acid groups (broad SMARTS) is 1. The van der Waals surface area contributed by atoms with Crippen molar-refractivity contribution in [2.24, 2.45) is 11.8 Å². The van der Waals surface area contributed by atoms with Crippen molar-refractivity contribution in [3.05, 3.63) is 35.9 Å². The molecule has 0 heterocycles. The van der Waals surface area contributed by atoms with Crippen LogP contribution in [0.15, 0.2) is 30.3 Å². The van der Waals surface area contributed by atoms with E-state index in [4.69, 9.17) is 5.11 Å². The molecule has 0 aliphatic heterocycles. The van der Waals surface area contributed by atoms with Gasteiger partial charge in [0.1, 0.15) is 0 Å². The van der Waals surface area contributed by atoms with E-state index in [0.29, 0.717) is 18.3 Å². The molecule has 1 aromatic rings. The third-order valence-corrected chi connectivity index (χ3v) is 3.98. The highest BCUT2D eigenvalue weighted by molar-refractivity contribution is 5.78. The van der Waals surface area contributed by atoms with E-state index in [-0.39, 0.29) is 12.5 Å². The second-order valence-electron chi connectivity index (χ2n) is 5.73. The second-order valence-corrected chi connectivity index (χ2v) is 5.73. The van der Waals surface area contributed by atoms with Crippen molar-refractivity contribution in [3.63, 3.8) is 0 Å². The molecule has 2 rings (SSSR count). The van der Waals surface area contributed by atoms with Crippen molar-refractivity contribution in [2.75, 3.05) is 13.6 Å². The number of hydrogen-bond acceptors (Lipinski definition) is 2. The molecule has 1 aliphatic carbocycles. The van der Waals surface area contributed by atoms with Crippen LogP contribution in [0.3, 0.4) is 0 Å². The van der Waals surface area contributed by atoms with Gasteiger partial charge in [0.05, 0.1) is 5.92 Å². The largest absolute Gasteiger partial charge is 0.481 e. The van der Waals surface area contributed by atoms with Crippen molar-refractivity contribution in [1.29, 1.82) is 0 Å². The Hall–Kier alpha value is -1.84. The number of carbonyl (C=O) groups excluding carboxylic acids is 1. The number of amides is 1. The minimum absolute atomic E-state index is 0.0431. The number of rotatable bonds is 6. The van der Waals surface area contributed by atoms with Crippen LogP contribution in [-0.4, -0.2) is 35.5 Å². The molecule has 4 nitrogen and oxygen atoms in total. The van der Waals surface area contributed by atoms with E-state index in [0.717, 1.165) is 6.42 Å². The molecule has 1 unspecified atom stereocenters. The maximum Gasteiger partial charge on any atom is 0.308 e. The molecule has 108 valence electrons. The summed E-state index contributed by atoms with van der Waals surface area (Å²) < 4.78 is 0. The van der Waals surface area contributed by atoms with Crippen LogP contribution in [0.5, 0.6) is 0 Å². The summed E-state index contributed by atoms with van der Waals surface area (Å²) in [5.41, 5.74) is 1.30. The van der Waals surface area contributed by atoms with Crippen LogP contribution >= 0.6 is 0 Å². The van der Waals surface area contributed by atoms with E-state index in [9.17, 15) is 9.59 Å². The fraction of sp³-hybridized carbons (Fsp3) is 0.500. The zero-order chi connectivity index (χ0) is 14.7. The van der Waals surface area contributed by atoms with Crippen LogP contribution in [0, 0.1) is 11.8 Å². The molecule has 1 N–H and O–H groups in total. The average Bonchev–Trinajstić information content (AvgIpc) is 3.18. The lowest BCUT2D eigenvalue weighted by molar-refractivity contribution is -0.142. The summed E-state index contributed by atoms with van der Waals surface area (Å²) in [7, 11) is 1.68. The van der Waals surface area contributed by atoms with Gasteiger partial charge in [0.25, 0.3) is 0 Å². The number of carboxylic acids is 1. The molecule has 1 saturated carbocycles. The summed E-state index contributed by atoms with van der Waals surface area (Å²) in [4.78, 5) is 24.4. The monoisotopic (exact) mass is 275 g/mol. The van der Waals surface area contributed by atoms with Crippen molar-refractivity contribution in [3.8, 4) is 0 Å². The van der Waals surface area contributed by atoms with Gasteiger partial charge in [-0.15, -0.1) is 0 Å². The van der Waals surface area contributed by atoms with Gasteiger partial charge in [-0.3, -0.25) is 9.59 Å². The lowest BCUT2D eigenvalue weighted by Gasteiger charge is -2.19. The predicted octanol–water partition coefficient (Wildman–Crippen LogP) is 2.36. The van der Waals surface area contributed by atoms with Gasteiger partial charge in [0.2, 0.25) is 5.91 Å². The van der Waals surface area contributed by atoms with E-state index < -0.39 is 11.9 Å². The fourth-order valence-corrected chi connectivity index (χ4v) is 2.55. The van der Waals surface area contributed by atoms with Crippen LogP contribution in [0.1, 0.15) is 31.2 Å². The SMILES string of the molecule is CC(CN(C)C(=O)C[C@@H]1C[C@H]1c1ccccc1)C(=O)O. The van der Waals surface area contributed by atoms with Crippen molar-refractivity contribution < 1.29 is 14.7 Å². The first kappa shape index (κ1) is 14.6.